The molecule has 0 unspecified atom stereocenters. The number of nitrogens with zero attached hydrogens (tertiary/aromatic N) is 1. The summed E-state index contributed by atoms with van der Waals surface area (Å²) in [5.41, 5.74) is 5.95. The quantitative estimate of drug-likeness (QED) is 0.849. The molecule has 1 saturated carbocycles. The Bertz CT molecular complexity index is 874. The van der Waals surface area contributed by atoms with E-state index < -0.39 is 20.5 Å². The van der Waals surface area contributed by atoms with Gasteiger partial charge in [-0.05, 0) is 49.2 Å². The van der Waals surface area contributed by atoms with Gasteiger partial charge in [-0.2, -0.15) is 0 Å². The summed E-state index contributed by atoms with van der Waals surface area (Å²) in [5, 5.41) is 3.12. The van der Waals surface area contributed by atoms with Gasteiger partial charge in [0.25, 0.3) is 0 Å². The summed E-state index contributed by atoms with van der Waals surface area (Å²) in [4.78, 5) is 16.9. The third kappa shape index (κ3) is 3.21. The number of benzene rings is 1. The van der Waals surface area contributed by atoms with Crippen LogP contribution in [0.3, 0.4) is 0 Å². The lowest BCUT2D eigenvalue weighted by Crippen LogP contribution is -2.47. The molecule has 1 heterocycles. The number of carbonyl (C=O) groups is 1. The van der Waals surface area contributed by atoms with E-state index in [1.165, 1.54) is 30.5 Å². The first kappa shape index (κ1) is 17.7. The van der Waals surface area contributed by atoms with Gasteiger partial charge in [0.05, 0.1) is 16.8 Å². The standard InChI is InChI=1S/C17H18ClN3O3S/c18-12-3-6-14(7-4-12)25(23,24)17(9-1-2-10-17)16(22)21-13-5-8-15(19)20-11-13/h3-8,11H,1-2,9-10H2,(H2,19,20)(H,21,22). The molecule has 2 aromatic rings. The van der Waals surface area contributed by atoms with Gasteiger partial charge in [-0.1, -0.05) is 24.4 Å². The van der Waals surface area contributed by atoms with Crippen molar-refractivity contribution in [2.45, 2.75) is 35.3 Å². The summed E-state index contributed by atoms with van der Waals surface area (Å²) in [7, 11) is -3.86. The van der Waals surface area contributed by atoms with Crippen LogP contribution in [0.4, 0.5) is 11.5 Å². The minimum absolute atomic E-state index is 0.101. The summed E-state index contributed by atoms with van der Waals surface area (Å²) in [6, 6.07) is 9.05. The number of carbonyl (C=O) groups excluding carboxylic acids is 1. The second-order valence-electron chi connectivity index (χ2n) is 6.08. The SMILES string of the molecule is Nc1ccc(NC(=O)C2(S(=O)(=O)c3ccc(Cl)cc3)CCCC2)cn1. The summed E-state index contributed by atoms with van der Waals surface area (Å²) in [6.45, 7) is 0. The average molecular weight is 380 g/mol. The number of hydrogen-bond acceptors (Lipinski definition) is 5. The fraction of sp³-hybridized carbons (Fsp3) is 0.294. The van der Waals surface area contributed by atoms with Crippen LogP contribution in [0.1, 0.15) is 25.7 Å². The molecular formula is C17H18ClN3O3S. The van der Waals surface area contributed by atoms with Crippen LogP contribution in [0.5, 0.6) is 0 Å². The molecule has 0 spiro atoms. The number of anilines is 2. The molecule has 8 heteroatoms. The van der Waals surface area contributed by atoms with Crippen molar-refractivity contribution in [1.82, 2.24) is 4.98 Å². The minimum Gasteiger partial charge on any atom is -0.384 e. The number of rotatable bonds is 4. The molecule has 0 radical (unpaired) electrons. The van der Waals surface area contributed by atoms with E-state index >= 15 is 0 Å². The van der Waals surface area contributed by atoms with Gasteiger partial charge in [-0.3, -0.25) is 4.79 Å². The zero-order valence-electron chi connectivity index (χ0n) is 13.4. The molecule has 1 aromatic carbocycles. The molecule has 0 saturated heterocycles. The van der Waals surface area contributed by atoms with Gasteiger partial charge in [-0.15, -0.1) is 0 Å². The topological polar surface area (TPSA) is 102 Å². The molecule has 3 N–H and O–H groups in total. The molecule has 132 valence electrons. The van der Waals surface area contributed by atoms with Crippen LogP contribution in [-0.2, 0) is 14.6 Å². The Morgan fingerprint density at radius 2 is 1.76 bits per heavy atom. The van der Waals surface area contributed by atoms with Crippen LogP contribution in [0.2, 0.25) is 5.02 Å². The molecule has 3 rings (SSSR count). The second-order valence-corrected chi connectivity index (χ2v) is 8.78. The van der Waals surface area contributed by atoms with E-state index in [1.54, 1.807) is 12.1 Å². The lowest BCUT2D eigenvalue weighted by atomic mass is 10.1. The highest BCUT2D eigenvalue weighted by molar-refractivity contribution is 7.93. The molecular weight excluding hydrogens is 362 g/mol. The number of aromatic nitrogens is 1. The zero-order valence-corrected chi connectivity index (χ0v) is 15.0. The minimum atomic E-state index is -3.86. The predicted octanol–water partition coefficient (Wildman–Crippen LogP) is 3.04. The summed E-state index contributed by atoms with van der Waals surface area (Å²) >= 11 is 5.85. The maximum Gasteiger partial charge on any atom is 0.246 e. The first-order valence-corrected chi connectivity index (χ1v) is 9.74. The highest BCUT2D eigenvalue weighted by Gasteiger charge is 2.52. The van der Waals surface area contributed by atoms with Crippen molar-refractivity contribution in [3.63, 3.8) is 0 Å². The number of halogens is 1. The Morgan fingerprint density at radius 1 is 1.12 bits per heavy atom. The highest BCUT2D eigenvalue weighted by atomic mass is 35.5. The number of nitrogens with two attached hydrogens (primary N) is 1. The maximum absolute atomic E-state index is 13.2. The lowest BCUT2D eigenvalue weighted by molar-refractivity contribution is -0.118. The molecule has 0 bridgehead atoms. The number of sulfone groups is 1. The van der Waals surface area contributed by atoms with E-state index in [0.29, 0.717) is 29.4 Å². The van der Waals surface area contributed by atoms with Gasteiger partial charge in [0.15, 0.2) is 14.6 Å². The highest BCUT2D eigenvalue weighted by Crippen LogP contribution is 2.41. The van der Waals surface area contributed by atoms with Crippen LogP contribution >= 0.6 is 11.6 Å². The second kappa shape index (κ2) is 6.65. The number of nitrogens with one attached hydrogen (secondary N) is 1. The molecule has 1 fully saturated rings. The van der Waals surface area contributed by atoms with Crippen LogP contribution in [-0.4, -0.2) is 24.1 Å². The summed E-state index contributed by atoms with van der Waals surface area (Å²) < 4.78 is 24.9. The van der Waals surface area contributed by atoms with Crippen LogP contribution in [0, 0.1) is 0 Å². The fourth-order valence-corrected chi connectivity index (χ4v) is 5.32. The predicted molar refractivity (Wildman–Crippen MR) is 97.1 cm³/mol. The third-order valence-corrected chi connectivity index (χ3v) is 7.27. The van der Waals surface area contributed by atoms with E-state index in [4.69, 9.17) is 17.3 Å². The van der Waals surface area contributed by atoms with Crippen LogP contribution < -0.4 is 11.1 Å². The smallest absolute Gasteiger partial charge is 0.246 e. The van der Waals surface area contributed by atoms with Crippen LogP contribution in [0.15, 0.2) is 47.5 Å². The van der Waals surface area contributed by atoms with E-state index in [-0.39, 0.29) is 17.7 Å². The summed E-state index contributed by atoms with van der Waals surface area (Å²) in [6.07, 6.45) is 3.34. The Kier molecular flexibility index (Phi) is 4.71. The maximum atomic E-state index is 13.2. The lowest BCUT2D eigenvalue weighted by Gasteiger charge is -2.27. The Labute approximate surface area is 151 Å². The van der Waals surface area contributed by atoms with Gasteiger partial charge >= 0.3 is 0 Å². The monoisotopic (exact) mass is 379 g/mol. The van der Waals surface area contributed by atoms with Gasteiger partial charge < -0.3 is 11.1 Å². The molecule has 0 atom stereocenters. The van der Waals surface area contributed by atoms with E-state index in [9.17, 15) is 13.2 Å². The largest absolute Gasteiger partial charge is 0.384 e. The number of pyridine rings is 1. The van der Waals surface area contributed by atoms with Crippen molar-refractivity contribution >= 4 is 38.9 Å². The van der Waals surface area contributed by atoms with Gasteiger partial charge in [0.1, 0.15) is 5.82 Å². The molecule has 1 aromatic heterocycles. The van der Waals surface area contributed by atoms with Gasteiger partial charge in [-0.25, -0.2) is 13.4 Å². The zero-order chi connectivity index (χ0) is 18.1. The number of hydrogen-bond donors (Lipinski definition) is 2. The van der Waals surface area contributed by atoms with Crippen molar-refractivity contribution in [2.75, 3.05) is 11.1 Å². The van der Waals surface area contributed by atoms with Gasteiger partial charge in [0, 0.05) is 5.02 Å². The number of nitrogen functional groups attached to an aromatic ring is 1. The molecule has 6 nitrogen and oxygen atoms in total. The molecule has 25 heavy (non-hydrogen) atoms. The van der Waals surface area contributed by atoms with Crippen LogP contribution in [0.25, 0.3) is 0 Å². The molecule has 1 aliphatic carbocycles. The normalized spacial score (nSPS) is 16.5. The van der Waals surface area contributed by atoms with Crippen molar-refractivity contribution in [2.24, 2.45) is 0 Å². The van der Waals surface area contributed by atoms with Crippen molar-refractivity contribution in [3.05, 3.63) is 47.6 Å². The van der Waals surface area contributed by atoms with E-state index in [0.717, 1.165) is 0 Å². The average Bonchev–Trinajstić information content (AvgIpc) is 3.09. The fourth-order valence-electron chi connectivity index (χ4n) is 3.13. The Morgan fingerprint density at radius 3 is 2.32 bits per heavy atom. The Balaban J connectivity index is 1.96. The van der Waals surface area contributed by atoms with E-state index in [1.807, 2.05) is 0 Å². The summed E-state index contributed by atoms with van der Waals surface area (Å²) in [5.74, 6) is -0.214. The van der Waals surface area contributed by atoms with Crippen molar-refractivity contribution in [3.8, 4) is 0 Å². The Hall–Kier alpha value is -2.12. The molecule has 1 amide bonds. The van der Waals surface area contributed by atoms with Crippen molar-refractivity contribution in [1.29, 1.82) is 0 Å². The third-order valence-electron chi connectivity index (χ3n) is 4.51. The molecule has 0 aliphatic heterocycles. The van der Waals surface area contributed by atoms with Gasteiger partial charge in [0.2, 0.25) is 5.91 Å². The number of amides is 1. The first-order chi connectivity index (χ1) is 11.8. The first-order valence-electron chi connectivity index (χ1n) is 7.88. The van der Waals surface area contributed by atoms with Crippen molar-refractivity contribution < 1.29 is 13.2 Å². The van der Waals surface area contributed by atoms with E-state index in [2.05, 4.69) is 10.3 Å². The molecule has 1 aliphatic rings.